The van der Waals surface area contributed by atoms with Crippen molar-refractivity contribution in [3.8, 4) is 0 Å². The van der Waals surface area contributed by atoms with E-state index in [4.69, 9.17) is 27.9 Å². The van der Waals surface area contributed by atoms with E-state index in [9.17, 15) is 4.79 Å². The molecule has 90 valence electrons. The van der Waals surface area contributed by atoms with Crippen molar-refractivity contribution in [1.29, 1.82) is 0 Å². The van der Waals surface area contributed by atoms with Crippen molar-refractivity contribution >= 4 is 29.3 Å². The van der Waals surface area contributed by atoms with Gasteiger partial charge >= 0.3 is 0 Å². The van der Waals surface area contributed by atoms with Gasteiger partial charge in [-0.05, 0) is 0 Å². The van der Waals surface area contributed by atoms with E-state index in [0.717, 1.165) is 0 Å². The quantitative estimate of drug-likeness (QED) is 0.278. The molecule has 1 atom stereocenters. The van der Waals surface area contributed by atoms with Crippen molar-refractivity contribution < 1.29 is 9.53 Å². The minimum absolute atomic E-state index is 0.000272. The van der Waals surface area contributed by atoms with Gasteiger partial charge in [-0.25, -0.2) is 10.8 Å². The highest BCUT2D eigenvalue weighted by molar-refractivity contribution is 6.29. The molecule has 17 heavy (non-hydrogen) atoms. The molecule has 8 nitrogen and oxygen atoms in total. The first-order chi connectivity index (χ1) is 8.11. The molecule has 0 fully saturated rings. The topological polar surface area (TPSA) is 119 Å². The van der Waals surface area contributed by atoms with Gasteiger partial charge in [0.25, 0.3) is 12.1 Å². The number of rotatable bonds is 2. The number of hydrazine groups is 1. The van der Waals surface area contributed by atoms with Gasteiger partial charge < -0.3 is 10.5 Å². The lowest BCUT2D eigenvalue weighted by Crippen LogP contribution is -2.46. The van der Waals surface area contributed by atoms with Gasteiger partial charge in [-0.15, -0.1) is 0 Å². The van der Waals surface area contributed by atoms with Gasteiger partial charge in [-0.2, -0.15) is 4.98 Å². The summed E-state index contributed by atoms with van der Waals surface area (Å²) < 4.78 is 5.06. The average molecular weight is 257 g/mol. The molecule has 1 aliphatic rings. The Kier molecular flexibility index (Phi) is 2.98. The first-order valence-corrected chi connectivity index (χ1v) is 4.90. The number of hydrogen-bond donors (Lipinski definition) is 3. The van der Waals surface area contributed by atoms with Gasteiger partial charge in [0.05, 0.1) is 0 Å². The Morgan fingerprint density at radius 1 is 1.59 bits per heavy atom. The van der Waals surface area contributed by atoms with Gasteiger partial charge in [-0.1, -0.05) is 11.6 Å². The molecular weight excluding hydrogens is 248 g/mol. The molecule has 0 spiro atoms. The molecule has 0 saturated heterocycles. The number of nitrogens with one attached hydrogen (secondary N) is 1. The third-order valence-electron chi connectivity index (χ3n) is 2.01. The normalized spacial score (nSPS) is 18.0. The zero-order valence-electron chi connectivity index (χ0n) is 8.50. The second kappa shape index (κ2) is 4.44. The lowest BCUT2D eigenvalue weighted by atomic mass is 10.4. The van der Waals surface area contributed by atoms with Crippen LogP contribution in [0.2, 0.25) is 5.15 Å². The van der Waals surface area contributed by atoms with E-state index in [2.05, 4.69) is 9.97 Å². The zero-order valence-corrected chi connectivity index (χ0v) is 9.26. The maximum Gasteiger partial charge on any atom is 0.296 e. The van der Waals surface area contributed by atoms with Gasteiger partial charge in [-0.3, -0.25) is 15.1 Å². The Morgan fingerprint density at radius 3 is 3.00 bits per heavy atom. The van der Waals surface area contributed by atoms with Crippen molar-refractivity contribution in [2.75, 3.05) is 10.6 Å². The van der Waals surface area contributed by atoms with Crippen LogP contribution in [0.25, 0.3) is 0 Å². The van der Waals surface area contributed by atoms with Crippen molar-refractivity contribution in [3.63, 3.8) is 0 Å². The Balaban J connectivity index is 2.32. The van der Waals surface area contributed by atoms with E-state index in [1.54, 1.807) is 0 Å². The minimum atomic E-state index is -0.939. The van der Waals surface area contributed by atoms with Crippen LogP contribution in [0.15, 0.2) is 18.5 Å². The summed E-state index contributed by atoms with van der Waals surface area (Å²) in [5.41, 5.74) is 7.44. The standard InChI is InChI=1S/C8H9ClN6O2/c9-4-3-5(13-8(10)12-4)15-1-2-17-7(15)6(16)14-11/h1-3,7H,11H2,(H,14,16)(H2,10,12,13). The molecule has 1 aliphatic heterocycles. The fourth-order valence-corrected chi connectivity index (χ4v) is 1.51. The summed E-state index contributed by atoms with van der Waals surface area (Å²) in [6, 6.07) is 1.45. The largest absolute Gasteiger partial charge is 0.467 e. The number of nitrogens with zero attached hydrogens (tertiary/aromatic N) is 3. The SMILES string of the molecule is NNC(=O)C1OC=CN1c1cc(Cl)nc(N)n1. The van der Waals surface area contributed by atoms with Gasteiger partial charge in [0, 0.05) is 12.3 Å². The zero-order chi connectivity index (χ0) is 12.4. The van der Waals surface area contributed by atoms with Crippen LogP contribution in [0.3, 0.4) is 0 Å². The summed E-state index contributed by atoms with van der Waals surface area (Å²) in [4.78, 5) is 20.5. The lowest BCUT2D eigenvalue weighted by Gasteiger charge is -2.21. The second-order valence-electron chi connectivity index (χ2n) is 3.10. The number of nitrogens with two attached hydrogens (primary N) is 2. The minimum Gasteiger partial charge on any atom is -0.467 e. The fraction of sp³-hybridized carbons (Fsp3) is 0.125. The monoisotopic (exact) mass is 256 g/mol. The summed E-state index contributed by atoms with van der Waals surface area (Å²) >= 11 is 5.74. The average Bonchev–Trinajstić information content (AvgIpc) is 2.75. The summed E-state index contributed by atoms with van der Waals surface area (Å²) in [6.07, 6.45) is 1.91. The highest BCUT2D eigenvalue weighted by atomic mass is 35.5. The number of aromatic nitrogens is 2. The van der Waals surface area contributed by atoms with E-state index in [0.29, 0.717) is 5.82 Å². The second-order valence-corrected chi connectivity index (χ2v) is 3.48. The molecule has 5 N–H and O–H groups in total. The summed E-state index contributed by atoms with van der Waals surface area (Å²) in [7, 11) is 0. The van der Waals surface area contributed by atoms with Gasteiger partial charge in [0.2, 0.25) is 5.95 Å². The van der Waals surface area contributed by atoms with Crippen LogP contribution in [0.1, 0.15) is 0 Å². The van der Waals surface area contributed by atoms with Crippen LogP contribution in [0.5, 0.6) is 0 Å². The van der Waals surface area contributed by atoms with Crippen LogP contribution in [0, 0.1) is 0 Å². The van der Waals surface area contributed by atoms with Crippen LogP contribution in [-0.4, -0.2) is 22.1 Å². The Morgan fingerprint density at radius 2 is 2.35 bits per heavy atom. The van der Waals surface area contributed by atoms with Gasteiger partial charge in [0.1, 0.15) is 17.2 Å². The van der Waals surface area contributed by atoms with Crippen molar-refractivity contribution in [2.45, 2.75) is 6.23 Å². The predicted molar refractivity (Wildman–Crippen MR) is 60.3 cm³/mol. The molecule has 0 radical (unpaired) electrons. The molecule has 2 rings (SSSR count). The highest BCUT2D eigenvalue weighted by Crippen LogP contribution is 2.23. The molecule has 1 amide bonds. The predicted octanol–water partition coefficient (Wildman–Crippen LogP) is -0.664. The van der Waals surface area contributed by atoms with Crippen molar-refractivity contribution in [2.24, 2.45) is 5.84 Å². The van der Waals surface area contributed by atoms with Crippen molar-refractivity contribution in [3.05, 3.63) is 23.7 Å². The van der Waals surface area contributed by atoms with E-state index in [1.807, 2.05) is 5.43 Å². The van der Waals surface area contributed by atoms with Crippen molar-refractivity contribution in [1.82, 2.24) is 15.4 Å². The Bertz CT molecular complexity index is 459. The first kappa shape index (κ1) is 11.4. The molecule has 9 heteroatoms. The molecule has 0 aliphatic carbocycles. The molecule has 0 bridgehead atoms. The number of nitrogen functional groups attached to an aromatic ring is 1. The summed E-state index contributed by atoms with van der Waals surface area (Å²) in [6.45, 7) is 0. The van der Waals surface area contributed by atoms with E-state index in [-0.39, 0.29) is 11.1 Å². The molecule has 1 unspecified atom stereocenters. The smallest absolute Gasteiger partial charge is 0.296 e. The molecule has 0 saturated carbocycles. The number of carbonyl (C=O) groups excluding carboxylic acids is 1. The highest BCUT2D eigenvalue weighted by Gasteiger charge is 2.30. The lowest BCUT2D eigenvalue weighted by molar-refractivity contribution is -0.128. The number of ether oxygens (including phenoxy) is 1. The Hall–Kier alpha value is -2.06. The number of anilines is 2. The molecule has 1 aromatic rings. The molecular formula is C8H9ClN6O2. The van der Waals surface area contributed by atoms with Gasteiger partial charge in [0.15, 0.2) is 0 Å². The summed E-state index contributed by atoms with van der Waals surface area (Å²) in [5, 5.41) is 0.166. The summed E-state index contributed by atoms with van der Waals surface area (Å²) in [5.74, 6) is 4.85. The maximum absolute atomic E-state index is 11.4. The molecule has 1 aromatic heterocycles. The van der Waals surface area contributed by atoms with Crippen LogP contribution < -0.4 is 21.9 Å². The number of carbonyl (C=O) groups is 1. The maximum atomic E-state index is 11.4. The van der Waals surface area contributed by atoms with E-state index >= 15 is 0 Å². The van der Waals surface area contributed by atoms with Crippen LogP contribution >= 0.6 is 11.6 Å². The third-order valence-corrected chi connectivity index (χ3v) is 2.20. The van der Waals surface area contributed by atoms with E-state index < -0.39 is 12.1 Å². The Labute approximate surface area is 101 Å². The first-order valence-electron chi connectivity index (χ1n) is 4.53. The fourth-order valence-electron chi connectivity index (χ4n) is 1.33. The van der Waals surface area contributed by atoms with Crippen LogP contribution in [0.4, 0.5) is 11.8 Å². The molecule has 2 heterocycles. The third kappa shape index (κ3) is 2.22. The van der Waals surface area contributed by atoms with Crippen LogP contribution in [-0.2, 0) is 9.53 Å². The van der Waals surface area contributed by atoms with E-state index in [1.165, 1.54) is 23.4 Å². The molecule has 0 aromatic carbocycles. The number of amides is 1. The number of halogens is 1. The number of hydrogen-bond acceptors (Lipinski definition) is 7.